The number of carboxylic acids is 1. The van der Waals surface area contributed by atoms with Gasteiger partial charge in [-0.25, -0.2) is 19.2 Å². The predicted octanol–water partition coefficient (Wildman–Crippen LogP) is 2.83. The molecule has 1 aliphatic heterocycles. The Labute approximate surface area is 127 Å². The first-order chi connectivity index (χ1) is 10.5. The molecule has 1 aromatic carbocycles. The van der Waals surface area contributed by atoms with Crippen molar-refractivity contribution in [2.24, 2.45) is 5.92 Å². The van der Waals surface area contributed by atoms with Crippen molar-refractivity contribution in [1.29, 1.82) is 0 Å². The first kappa shape index (κ1) is 14.4. The Bertz CT molecular complexity index is 718. The first-order valence-corrected chi connectivity index (χ1v) is 7.10. The summed E-state index contributed by atoms with van der Waals surface area (Å²) < 4.78 is 13.1. The molecule has 1 saturated heterocycles. The standard InChI is InChI=1S/C16H16FN3O2/c1-9-8-20(10(9)2)15-14(11-3-5-12(17)6-4-11)19-13(7-18-15)16(21)22/h3-7,9-10H,8H2,1-2H3,(H,21,22). The third-order valence-corrected chi connectivity index (χ3v) is 4.16. The molecule has 0 saturated carbocycles. The minimum Gasteiger partial charge on any atom is -0.476 e. The van der Waals surface area contributed by atoms with Gasteiger partial charge in [-0.3, -0.25) is 0 Å². The average molecular weight is 301 g/mol. The summed E-state index contributed by atoms with van der Waals surface area (Å²) in [6.07, 6.45) is 1.26. The van der Waals surface area contributed by atoms with Crippen LogP contribution >= 0.6 is 0 Å². The summed E-state index contributed by atoms with van der Waals surface area (Å²) in [5.74, 6) is -0.296. The van der Waals surface area contributed by atoms with E-state index in [1.54, 1.807) is 12.1 Å². The maximum Gasteiger partial charge on any atom is 0.356 e. The van der Waals surface area contributed by atoms with E-state index in [0.717, 1.165) is 6.54 Å². The van der Waals surface area contributed by atoms with Crippen LogP contribution in [-0.2, 0) is 0 Å². The maximum absolute atomic E-state index is 13.1. The van der Waals surface area contributed by atoms with E-state index in [9.17, 15) is 9.18 Å². The van der Waals surface area contributed by atoms with Crippen LogP contribution in [0.15, 0.2) is 30.5 Å². The fourth-order valence-corrected chi connectivity index (χ4v) is 2.58. The van der Waals surface area contributed by atoms with Crippen molar-refractivity contribution in [2.45, 2.75) is 19.9 Å². The quantitative estimate of drug-likeness (QED) is 0.944. The molecule has 1 aromatic heterocycles. The van der Waals surface area contributed by atoms with E-state index in [1.807, 2.05) is 0 Å². The molecular formula is C16H16FN3O2. The lowest BCUT2D eigenvalue weighted by molar-refractivity contribution is 0.0690. The third-order valence-electron chi connectivity index (χ3n) is 4.16. The van der Waals surface area contributed by atoms with Crippen LogP contribution in [0.4, 0.5) is 10.2 Å². The number of anilines is 1. The van der Waals surface area contributed by atoms with Crippen LogP contribution in [0.3, 0.4) is 0 Å². The van der Waals surface area contributed by atoms with Gasteiger partial charge in [0.2, 0.25) is 0 Å². The summed E-state index contributed by atoms with van der Waals surface area (Å²) in [5.41, 5.74) is 1.00. The zero-order valence-corrected chi connectivity index (χ0v) is 12.3. The Hall–Kier alpha value is -2.50. The molecule has 0 radical (unpaired) electrons. The van der Waals surface area contributed by atoms with Crippen LogP contribution < -0.4 is 4.90 Å². The highest BCUT2D eigenvalue weighted by Gasteiger charge is 2.34. The number of hydrogen-bond acceptors (Lipinski definition) is 4. The molecule has 1 aliphatic rings. The molecule has 22 heavy (non-hydrogen) atoms. The molecule has 0 bridgehead atoms. The number of aromatic nitrogens is 2. The van der Waals surface area contributed by atoms with Crippen molar-refractivity contribution >= 4 is 11.8 Å². The van der Waals surface area contributed by atoms with E-state index >= 15 is 0 Å². The monoisotopic (exact) mass is 301 g/mol. The summed E-state index contributed by atoms with van der Waals surface area (Å²) in [4.78, 5) is 21.7. The van der Waals surface area contributed by atoms with Gasteiger partial charge in [-0.1, -0.05) is 6.92 Å². The van der Waals surface area contributed by atoms with E-state index in [1.165, 1.54) is 18.3 Å². The molecule has 5 nitrogen and oxygen atoms in total. The minimum atomic E-state index is -1.13. The summed E-state index contributed by atoms with van der Waals surface area (Å²) >= 11 is 0. The summed E-state index contributed by atoms with van der Waals surface area (Å²) in [5, 5.41) is 9.12. The topological polar surface area (TPSA) is 66.3 Å². The number of halogens is 1. The second kappa shape index (κ2) is 5.36. The fourth-order valence-electron chi connectivity index (χ4n) is 2.58. The Morgan fingerprint density at radius 3 is 2.55 bits per heavy atom. The number of nitrogens with zero attached hydrogens (tertiary/aromatic N) is 3. The lowest BCUT2D eigenvalue weighted by Gasteiger charge is -2.46. The molecule has 0 spiro atoms. The minimum absolute atomic E-state index is 0.121. The van der Waals surface area contributed by atoms with Crippen LogP contribution in [-0.4, -0.2) is 33.6 Å². The molecule has 2 aromatic rings. The lowest BCUT2D eigenvalue weighted by atomic mass is 9.91. The average Bonchev–Trinajstić information content (AvgIpc) is 2.52. The zero-order valence-electron chi connectivity index (χ0n) is 12.3. The molecule has 1 fully saturated rings. The SMILES string of the molecule is CC1CN(c2ncc(C(=O)O)nc2-c2ccc(F)cc2)C1C. The van der Waals surface area contributed by atoms with Gasteiger partial charge < -0.3 is 10.0 Å². The Kier molecular flexibility index (Phi) is 3.52. The number of hydrogen-bond donors (Lipinski definition) is 1. The van der Waals surface area contributed by atoms with Crippen LogP contribution in [0.25, 0.3) is 11.3 Å². The second-order valence-electron chi connectivity index (χ2n) is 5.61. The first-order valence-electron chi connectivity index (χ1n) is 7.10. The molecule has 0 aliphatic carbocycles. The van der Waals surface area contributed by atoms with E-state index in [-0.39, 0.29) is 11.5 Å². The van der Waals surface area contributed by atoms with Crippen molar-refractivity contribution < 1.29 is 14.3 Å². The highest BCUT2D eigenvalue weighted by molar-refractivity contribution is 5.87. The summed E-state index contributed by atoms with van der Waals surface area (Å²) in [6.45, 7) is 5.09. The second-order valence-corrected chi connectivity index (χ2v) is 5.61. The summed E-state index contributed by atoms with van der Waals surface area (Å²) in [7, 11) is 0. The molecular weight excluding hydrogens is 285 g/mol. The van der Waals surface area contributed by atoms with Crippen molar-refractivity contribution in [1.82, 2.24) is 9.97 Å². The molecule has 2 heterocycles. The molecule has 2 atom stereocenters. The van der Waals surface area contributed by atoms with E-state index in [0.29, 0.717) is 29.0 Å². The van der Waals surface area contributed by atoms with Crippen LogP contribution in [0.5, 0.6) is 0 Å². The van der Waals surface area contributed by atoms with E-state index in [4.69, 9.17) is 5.11 Å². The van der Waals surface area contributed by atoms with Crippen LogP contribution in [0, 0.1) is 11.7 Å². The van der Waals surface area contributed by atoms with Gasteiger partial charge in [0.1, 0.15) is 11.5 Å². The van der Waals surface area contributed by atoms with Gasteiger partial charge in [0.25, 0.3) is 0 Å². The Morgan fingerprint density at radius 2 is 2.00 bits per heavy atom. The summed E-state index contributed by atoms with van der Waals surface area (Å²) in [6, 6.07) is 6.14. The largest absolute Gasteiger partial charge is 0.476 e. The van der Waals surface area contributed by atoms with Crippen molar-refractivity contribution in [3.63, 3.8) is 0 Å². The van der Waals surface area contributed by atoms with Gasteiger partial charge in [0, 0.05) is 18.2 Å². The number of carbonyl (C=O) groups is 1. The smallest absolute Gasteiger partial charge is 0.356 e. The van der Waals surface area contributed by atoms with Gasteiger partial charge in [0.05, 0.1) is 6.20 Å². The molecule has 114 valence electrons. The van der Waals surface area contributed by atoms with E-state index < -0.39 is 5.97 Å². The normalized spacial score (nSPS) is 20.6. The number of benzene rings is 1. The van der Waals surface area contributed by atoms with E-state index in [2.05, 4.69) is 28.7 Å². The Balaban J connectivity index is 2.09. The number of aromatic carboxylic acids is 1. The van der Waals surface area contributed by atoms with Gasteiger partial charge >= 0.3 is 5.97 Å². The molecule has 6 heteroatoms. The Morgan fingerprint density at radius 1 is 1.32 bits per heavy atom. The van der Waals surface area contributed by atoms with Gasteiger partial charge in [0.15, 0.2) is 11.5 Å². The lowest BCUT2D eigenvalue weighted by Crippen LogP contribution is -2.54. The number of carboxylic acid groups (broad SMARTS) is 1. The zero-order chi connectivity index (χ0) is 15.9. The predicted molar refractivity (Wildman–Crippen MR) is 80.4 cm³/mol. The molecule has 2 unspecified atom stereocenters. The molecule has 1 N–H and O–H groups in total. The molecule has 3 rings (SSSR count). The van der Waals surface area contributed by atoms with Gasteiger partial charge in [-0.05, 0) is 37.1 Å². The van der Waals surface area contributed by atoms with Crippen LogP contribution in [0.1, 0.15) is 24.3 Å². The van der Waals surface area contributed by atoms with Crippen LogP contribution in [0.2, 0.25) is 0 Å². The van der Waals surface area contributed by atoms with Crippen molar-refractivity contribution in [3.05, 3.63) is 42.0 Å². The van der Waals surface area contributed by atoms with Crippen molar-refractivity contribution in [3.8, 4) is 11.3 Å². The highest BCUT2D eigenvalue weighted by Crippen LogP contribution is 2.35. The highest BCUT2D eigenvalue weighted by atomic mass is 19.1. The van der Waals surface area contributed by atoms with Gasteiger partial charge in [-0.15, -0.1) is 0 Å². The molecule has 0 amide bonds. The van der Waals surface area contributed by atoms with Gasteiger partial charge in [-0.2, -0.15) is 0 Å². The third kappa shape index (κ3) is 2.41. The van der Waals surface area contributed by atoms with Crippen molar-refractivity contribution in [2.75, 3.05) is 11.4 Å². The fraction of sp³-hybridized carbons (Fsp3) is 0.312. The number of rotatable bonds is 3. The maximum atomic E-state index is 13.1.